The number of halogens is 2. The van der Waals surface area contributed by atoms with Gasteiger partial charge in [-0.05, 0) is 56.3 Å². The Balaban J connectivity index is 1.70. The summed E-state index contributed by atoms with van der Waals surface area (Å²) >= 11 is 0. The van der Waals surface area contributed by atoms with Gasteiger partial charge in [0.15, 0.2) is 0 Å². The van der Waals surface area contributed by atoms with E-state index in [1.165, 1.54) is 25.6 Å². The number of aliphatic hydroxyl groups excluding tert-OH is 1. The molecule has 9 nitrogen and oxygen atoms in total. The van der Waals surface area contributed by atoms with Crippen LogP contribution in [0.1, 0.15) is 56.6 Å². The van der Waals surface area contributed by atoms with E-state index in [1.807, 2.05) is 0 Å². The summed E-state index contributed by atoms with van der Waals surface area (Å²) in [6.07, 6.45) is 4.11. The van der Waals surface area contributed by atoms with E-state index in [0.717, 1.165) is 36.6 Å². The standard InChI is InChI=1S/C27H42F2N4O5/c1-30-16-23(24(34)18-7-4-3-5-8-18)31-26(35)33-10-6-9-19(17-33)25(38-12-11-32(2)27(36)37)20-13-21(28)15-22(29)14-20/h13-15,18-19,23-25,30,34H,3-12,16-17H2,1-2H3,(H,31,35)(H,36,37)/t19-,23-,24+,25-/m1/s1. The van der Waals surface area contributed by atoms with Crippen molar-refractivity contribution in [3.8, 4) is 0 Å². The smallest absolute Gasteiger partial charge is 0.407 e. The van der Waals surface area contributed by atoms with Crippen LogP contribution in [0.5, 0.6) is 0 Å². The highest BCUT2D eigenvalue weighted by molar-refractivity contribution is 5.74. The number of hydrogen-bond donors (Lipinski definition) is 4. The maximum Gasteiger partial charge on any atom is 0.407 e. The van der Waals surface area contributed by atoms with Crippen LogP contribution >= 0.6 is 0 Å². The lowest BCUT2D eigenvalue weighted by atomic mass is 9.82. The van der Waals surface area contributed by atoms with E-state index in [1.54, 1.807) is 11.9 Å². The molecular formula is C27H42F2N4O5. The Morgan fingerprint density at radius 1 is 1.11 bits per heavy atom. The molecule has 11 heteroatoms. The van der Waals surface area contributed by atoms with Crippen LogP contribution in [-0.4, -0.2) is 91.2 Å². The second-order valence-corrected chi connectivity index (χ2v) is 10.5. The topological polar surface area (TPSA) is 114 Å². The highest BCUT2D eigenvalue weighted by atomic mass is 19.1. The number of likely N-dealkylation sites (N-methyl/N-ethyl adjacent to an activating group) is 2. The Hall–Kier alpha value is -2.50. The lowest BCUT2D eigenvalue weighted by Gasteiger charge is -2.39. The van der Waals surface area contributed by atoms with E-state index in [2.05, 4.69) is 10.6 Å². The van der Waals surface area contributed by atoms with Gasteiger partial charge in [0.25, 0.3) is 0 Å². The predicted octanol–water partition coefficient (Wildman–Crippen LogP) is 3.58. The van der Waals surface area contributed by atoms with E-state index in [9.17, 15) is 23.5 Å². The number of rotatable bonds is 11. The number of ether oxygens (including phenoxy) is 1. The molecule has 1 saturated carbocycles. The summed E-state index contributed by atoms with van der Waals surface area (Å²) in [6, 6.07) is 2.50. The van der Waals surface area contributed by atoms with Crippen molar-refractivity contribution in [3.63, 3.8) is 0 Å². The molecule has 2 aliphatic rings. The molecule has 214 valence electrons. The zero-order valence-corrected chi connectivity index (χ0v) is 22.4. The van der Waals surface area contributed by atoms with Gasteiger partial charge in [0.2, 0.25) is 0 Å². The van der Waals surface area contributed by atoms with Gasteiger partial charge in [0, 0.05) is 45.2 Å². The van der Waals surface area contributed by atoms with Crippen molar-refractivity contribution in [1.82, 2.24) is 20.4 Å². The van der Waals surface area contributed by atoms with Gasteiger partial charge in [-0.1, -0.05) is 19.3 Å². The lowest BCUT2D eigenvalue weighted by Crippen LogP contribution is -2.56. The van der Waals surface area contributed by atoms with Gasteiger partial charge >= 0.3 is 12.1 Å². The summed E-state index contributed by atoms with van der Waals surface area (Å²) in [5.74, 6) is -1.56. The monoisotopic (exact) mass is 540 g/mol. The van der Waals surface area contributed by atoms with E-state index in [-0.39, 0.29) is 31.0 Å². The summed E-state index contributed by atoms with van der Waals surface area (Å²) in [5.41, 5.74) is 0.313. The van der Waals surface area contributed by atoms with Gasteiger partial charge in [-0.2, -0.15) is 0 Å². The largest absolute Gasteiger partial charge is 0.465 e. The van der Waals surface area contributed by atoms with E-state index in [4.69, 9.17) is 9.84 Å². The molecule has 3 rings (SSSR count). The van der Waals surface area contributed by atoms with Crippen molar-refractivity contribution in [1.29, 1.82) is 0 Å². The van der Waals surface area contributed by atoms with Crippen molar-refractivity contribution in [2.45, 2.75) is 63.2 Å². The molecule has 38 heavy (non-hydrogen) atoms. The number of nitrogens with zero attached hydrogens (tertiary/aromatic N) is 2. The molecule has 1 heterocycles. The maximum absolute atomic E-state index is 14.1. The minimum Gasteiger partial charge on any atom is -0.465 e. The normalized spacial score (nSPS) is 21.0. The Kier molecular flexibility index (Phi) is 11.5. The van der Waals surface area contributed by atoms with Crippen LogP contribution in [0, 0.1) is 23.5 Å². The number of aliphatic hydroxyl groups is 1. The zero-order valence-electron chi connectivity index (χ0n) is 22.4. The molecule has 1 aromatic carbocycles. The number of carbonyl (C=O) groups is 2. The van der Waals surface area contributed by atoms with Crippen LogP contribution in [-0.2, 0) is 4.74 Å². The average Bonchev–Trinajstić information content (AvgIpc) is 2.90. The van der Waals surface area contributed by atoms with Crippen LogP contribution in [0.2, 0.25) is 0 Å². The summed E-state index contributed by atoms with van der Waals surface area (Å²) in [6.45, 7) is 1.37. The highest BCUT2D eigenvalue weighted by Crippen LogP contribution is 2.34. The van der Waals surface area contributed by atoms with Crippen LogP contribution < -0.4 is 10.6 Å². The molecule has 1 saturated heterocycles. The van der Waals surface area contributed by atoms with E-state index in [0.29, 0.717) is 38.0 Å². The first kappa shape index (κ1) is 30.0. The third-order valence-corrected chi connectivity index (χ3v) is 7.72. The summed E-state index contributed by atoms with van der Waals surface area (Å²) < 4.78 is 34.2. The number of nitrogens with one attached hydrogen (secondary N) is 2. The highest BCUT2D eigenvalue weighted by Gasteiger charge is 2.34. The summed E-state index contributed by atoms with van der Waals surface area (Å²) in [7, 11) is 3.20. The van der Waals surface area contributed by atoms with Gasteiger partial charge in [0.05, 0.1) is 24.9 Å². The number of benzene rings is 1. The minimum atomic E-state index is -1.10. The number of piperidine rings is 1. The first-order valence-corrected chi connectivity index (χ1v) is 13.6. The molecule has 4 N–H and O–H groups in total. The van der Waals surface area contributed by atoms with Gasteiger partial charge in [-0.15, -0.1) is 0 Å². The van der Waals surface area contributed by atoms with Gasteiger partial charge < -0.3 is 35.4 Å². The van der Waals surface area contributed by atoms with E-state index < -0.39 is 36.0 Å². The second kappa shape index (κ2) is 14.6. The summed E-state index contributed by atoms with van der Waals surface area (Å²) in [4.78, 5) is 27.2. The molecule has 3 amide bonds. The quantitative estimate of drug-likeness (QED) is 0.341. The van der Waals surface area contributed by atoms with Crippen molar-refractivity contribution in [3.05, 3.63) is 35.4 Å². The molecule has 0 bridgehead atoms. The number of carbonyl (C=O) groups excluding carboxylic acids is 1. The van der Waals surface area contributed by atoms with Gasteiger partial charge in [-0.25, -0.2) is 18.4 Å². The van der Waals surface area contributed by atoms with Crippen LogP contribution in [0.4, 0.5) is 18.4 Å². The molecule has 0 unspecified atom stereocenters. The molecule has 1 aromatic rings. The van der Waals surface area contributed by atoms with Crippen molar-refractivity contribution >= 4 is 12.1 Å². The van der Waals surface area contributed by atoms with Gasteiger partial charge in [0.1, 0.15) is 11.6 Å². The van der Waals surface area contributed by atoms with Crippen molar-refractivity contribution < 1.29 is 33.3 Å². The maximum atomic E-state index is 14.1. The Bertz CT molecular complexity index is 897. The number of amides is 3. The molecule has 1 aliphatic carbocycles. The average molecular weight is 541 g/mol. The summed E-state index contributed by atoms with van der Waals surface area (Å²) in [5, 5.41) is 26.2. The second-order valence-electron chi connectivity index (χ2n) is 10.5. The Labute approximate surface area is 223 Å². The fraction of sp³-hybridized carbons (Fsp3) is 0.704. The van der Waals surface area contributed by atoms with Crippen LogP contribution in [0.3, 0.4) is 0 Å². The number of hydrogen-bond acceptors (Lipinski definition) is 5. The molecule has 2 fully saturated rings. The molecule has 0 spiro atoms. The molecule has 1 aliphatic heterocycles. The molecule has 0 aromatic heterocycles. The third kappa shape index (κ3) is 8.51. The van der Waals surface area contributed by atoms with Crippen LogP contribution in [0.15, 0.2) is 18.2 Å². The fourth-order valence-electron chi connectivity index (χ4n) is 5.63. The first-order chi connectivity index (χ1) is 18.2. The Morgan fingerprint density at radius 2 is 1.76 bits per heavy atom. The van der Waals surface area contributed by atoms with Crippen molar-refractivity contribution in [2.24, 2.45) is 11.8 Å². The fourth-order valence-corrected chi connectivity index (χ4v) is 5.63. The van der Waals surface area contributed by atoms with E-state index >= 15 is 0 Å². The van der Waals surface area contributed by atoms with Gasteiger partial charge in [-0.3, -0.25) is 0 Å². The van der Waals surface area contributed by atoms with Crippen LogP contribution in [0.25, 0.3) is 0 Å². The van der Waals surface area contributed by atoms with Crippen molar-refractivity contribution in [2.75, 3.05) is 46.9 Å². The Morgan fingerprint density at radius 3 is 2.39 bits per heavy atom. The number of urea groups is 1. The first-order valence-electron chi connectivity index (χ1n) is 13.6. The molecule has 0 radical (unpaired) electrons. The number of likely N-dealkylation sites (tertiary alicyclic amines) is 1. The third-order valence-electron chi connectivity index (χ3n) is 7.72. The number of carboxylic acid groups (broad SMARTS) is 1. The molecule has 4 atom stereocenters. The minimum absolute atomic E-state index is 0.0338. The molecular weight excluding hydrogens is 498 g/mol. The lowest BCUT2D eigenvalue weighted by molar-refractivity contribution is -0.0164. The SMILES string of the molecule is CNC[C@@H](NC(=O)N1CCC[C@@H]([C@@H](OCCN(C)C(=O)O)c2cc(F)cc(F)c2)C1)[C@@H](O)C1CCCCC1. The predicted molar refractivity (Wildman–Crippen MR) is 139 cm³/mol. The zero-order chi connectivity index (χ0) is 27.7.